The Balaban J connectivity index is 1.66. The van der Waals surface area contributed by atoms with E-state index in [2.05, 4.69) is 18.9 Å². The highest BCUT2D eigenvalue weighted by atomic mass is 35.5. The highest BCUT2D eigenvalue weighted by molar-refractivity contribution is 6.30. The molecule has 0 atom stereocenters. The topological polar surface area (TPSA) is 90.5 Å². The van der Waals surface area contributed by atoms with Crippen LogP contribution >= 0.6 is 11.6 Å². The number of primary amides is 1. The van der Waals surface area contributed by atoms with Gasteiger partial charge in [-0.2, -0.15) is 5.10 Å². The van der Waals surface area contributed by atoms with E-state index in [9.17, 15) is 9.59 Å². The van der Waals surface area contributed by atoms with E-state index in [0.29, 0.717) is 54.9 Å². The van der Waals surface area contributed by atoms with Gasteiger partial charge in [0.1, 0.15) is 11.4 Å². The number of rotatable bonds is 8. The lowest BCUT2D eigenvalue weighted by Gasteiger charge is -2.41. The third-order valence-corrected chi connectivity index (χ3v) is 6.04. The highest BCUT2D eigenvalue weighted by Crippen LogP contribution is 2.36. The van der Waals surface area contributed by atoms with Crippen molar-refractivity contribution in [2.24, 2.45) is 24.1 Å². The molecule has 0 spiro atoms. The number of carbonyl (C=O) groups excluding carboxylic acids is 2. The summed E-state index contributed by atoms with van der Waals surface area (Å²) in [4.78, 5) is 26.7. The van der Waals surface area contributed by atoms with Crippen molar-refractivity contribution in [3.63, 3.8) is 0 Å². The average Bonchev–Trinajstić information content (AvgIpc) is 3.06. The second-order valence-electron chi connectivity index (χ2n) is 8.92. The Morgan fingerprint density at radius 2 is 1.87 bits per heavy atom. The number of amides is 2. The van der Waals surface area contributed by atoms with Crippen LogP contribution in [0.4, 0.5) is 0 Å². The fourth-order valence-electron chi connectivity index (χ4n) is 4.10. The number of ether oxygens (including phenoxy) is 1. The fourth-order valence-corrected chi connectivity index (χ4v) is 4.23. The molecular weight excluding hydrogens is 416 g/mol. The first-order valence-corrected chi connectivity index (χ1v) is 11.0. The molecule has 1 fully saturated rings. The zero-order valence-electron chi connectivity index (χ0n) is 18.4. The van der Waals surface area contributed by atoms with E-state index in [4.69, 9.17) is 22.1 Å². The van der Waals surface area contributed by atoms with Crippen molar-refractivity contribution >= 4 is 23.4 Å². The lowest BCUT2D eigenvalue weighted by molar-refractivity contribution is -0.121. The predicted molar refractivity (Wildman–Crippen MR) is 120 cm³/mol. The van der Waals surface area contributed by atoms with E-state index in [1.807, 2.05) is 11.0 Å². The monoisotopic (exact) mass is 446 g/mol. The Kier molecular flexibility index (Phi) is 7.26. The van der Waals surface area contributed by atoms with Crippen LogP contribution in [0.15, 0.2) is 30.3 Å². The van der Waals surface area contributed by atoms with Crippen LogP contribution < -0.4 is 10.5 Å². The van der Waals surface area contributed by atoms with E-state index >= 15 is 0 Å². The Morgan fingerprint density at radius 3 is 2.45 bits per heavy atom. The van der Waals surface area contributed by atoms with Gasteiger partial charge in [-0.05, 0) is 55.5 Å². The Labute approximate surface area is 188 Å². The van der Waals surface area contributed by atoms with E-state index in [-0.39, 0.29) is 18.2 Å². The minimum absolute atomic E-state index is 0.0312. The number of piperidine rings is 1. The molecule has 31 heavy (non-hydrogen) atoms. The number of nitrogens with zero attached hydrogens (tertiary/aromatic N) is 3. The van der Waals surface area contributed by atoms with Crippen molar-refractivity contribution in [3.8, 4) is 5.75 Å². The molecule has 0 aliphatic carbocycles. The summed E-state index contributed by atoms with van der Waals surface area (Å²) in [7, 11) is 1.80. The number of carbonyl (C=O) groups is 2. The molecule has 2 aromatic rings. The fraction of sp³-hybridized carbons (Fsp3) is 0.522. The zero-order chi connectivity index (χ0) is 22.6. The van der Waals surface area contributed by atoms with Crippen molar-refractivity contribution in [1.82, 2.24) is 14.7 Å². The van der Waals surface area contributed by atoms with Gasteiger partial charge in [0, 0.05) is 37.0 Å². The van der Waals surface area contributed by atoms with Gasteiger partial charge in [0.25, 0.3) is 5.91 Å². The molecule has 1 aliphatic rings. The summed E-state index contributed by atoms with van der Waals surface area (Å²) in [5.41, 5.74) is 6.67. The van der Waals surface area contributed by atoms with Crippen LogP contribution in [-0.4, -0.2) is 46.2 Å². The lowest BCUT2D eigenvalue weighted by Crippen LogP contribution is -2.47. The summed E-state index contributed by atoms with van der Waals surface area (Å²) in [6, 6.07) is 9.02. The van der Waals surface area contributed by atoms with Gasteiger partial charge in [-0.3, -0.25) is 14.3 Å². The van der Waals surface area contributed by atoms with Crippen molar-refractivity contribution in [1.29, 1.82) is 0 Å². The second kappa shape index (κ2) is 9.73. The van der Waals surface area contributed by atoms with Crippen LogP contribution in [0.25, 0.3) is 0 Å². The normalized spacial score (nSPS) is 15.8. The minimum atomic E-state index is -0.391. The third-order valence-electron chi connectivity index (χ3n) is 5.79. The molecule has 2 amide bonds. The van der Waals surface area contributed by atoms with Crippen LogP contribution in [0.3, 0.4) is 0 Å². The molecule has 1 aliphatic heterocycles. The Bertz CT molecular complexity index is 915. The molecule has 3 rings (SSSR count). The van der Waals surface area contributed by atoms with E-state index in [0.717, 1.165) is 12.1 Å². The van der Waals surface area contributed by atoms with Gasteiger partial charge < -0.3 is 15.4 Å². The Hall–Kier alpha value is -2.54. The van der Waals surface area contributed by atoms with Gasteiger partial charge >= 0.3 is 0 Å². The largest absolute Gasteiger partial charge is 0.493 e. The van der Waals surface area contributed by atoms with Crippen LogP contribution in [0.5, 0.6) is 5.75 Å². The van der Waals surface area contributed by atoms with Crippen LogP contribution in [0.2, 0.25) is 5.02 Å². The van der Waals surface area contributed by atoms with Gasteiger partial charge in [0.05, 0.1) is 12.3 Å². The number of halogens is 1. The number of nitrogens with two attached hydrogens (primary N) is 1. The van der Waals surface area contributed by atoms with Gasteiger partial charge in [-0.1, -0.05) is 25.4 Å². The molecular formula is C23H31ClN4O3. The molecule has 2 N–H and O–H groups in total. The van der Waals surface area contributed by atoms with Crippen molar-refractivity contribution in [2.75, 3.05) is 19.7 Å². The van der Waals surface area contributed by atoms with Crippen molar-refractivity contribution in [2.45, 2.75) is 39.5 Å². The lowest BCUT2D eigenvalue weighted by atomic mass is 9.76. The summed E-state index contributed by atoms with van der Waals surface area (Å²) in [6.07, 6.45) is 2.36. The number of likely N-dealkylation sites (tertiary alicyclic amines) is 1. The summed E-state index contributed by atoms with van der Waals surface area (Å²) in [6.45, 7) is 5.71. The average molecular weight is 447 g/mol. The first-order chi connectivity index (χ1) is 14.7. The van der Waals surface area contributed by atoms with Crippen LogP contribution in [-0.2, 0) is 18.3 Å². The summed E-state index contributed by atoms with van der Waals surface area (Å²) < 4.78 is 7.62. The first-order valence-electron chi connectivity index (χ1n) is 10.7. The molecule has 1 saturated heterocycles. The molecule has 0 radical (unpaired) electrons. The molecule has 7 nitrogen and oxygen atoms in total. The third kappa shape index (κ3) is 6.00. The summed E-state index contributed by atoms with van der Waals surface area (Å²) in [5, 5.41) is 5.12. The quantitative estimate of drug-likeness (QED) is 0.672. The van der Waals surface area contributed by atoms with Crippen molar-refractivity contribution in [3.05, 3.63) is 46.7 Å². The van der Waals surface area contributed by atoms with Crippen LogP contribution in [0, 0.1) is 11.3 Å². The summed E-state index contributed by atoms with van der Waals surface area (Å²) in [5.74, 6) is 0.781. The smallest absolute Gasteiger partial charge is 0.272 e. The van der Waals surface area contributed by atoms with Gasteiger partial charge in [-0.25, -0.2) is 0 Å². The summed E-state index contributed by atoms with van der Waals surface area (Å²) >= 11 is 5.93. The molecule has 0 unspecified atom stereocenters. The number of aryl methyl sites for hydroxylation is 1. The minimum Gasteiger partial charge on any atom is -0.493 e. The SMILES string of the molecule is CC(C)Cc1cc(C(=O)N2CCC(COc3ccc(Cl)cc3)(CC(N)=O)CC2)n(C)n1. The maximum atomic E-state index is 13.1. The molecule has 8 heteroatoms. The van der Waals surface area contributed by atoms with E-state index in [1.165, 1.54) is 0 Å². The van der Waals surface area contributed by atoms with Crippen LogP contribution in [0.1, 0.15) is 49.3 Å². The number of aromatic nitrogens is 2. The maximum Gasteiger partial charge on any atom is 0.272 e. The van der Waals surface area contributed by atoms with E-state index in [1.54, 1.807) is 36.0 Å². The van der Waals surface area contributed by atoms with Gasteiger partial charge in [0.2, 0.25) is 5.91 Å². The Morgan fingerprint density at radius 1 is 1.23 bits per heavy atom. The standard InChI is InChI=1S/C23H31ClN4O3/c1-16(2)12-18-13-20(27(3)26-18)22(30)28-10-8-23(9-11-28,14-21(25)29)15-31-19-6-4-17(24)5-7-19/h4-7,13,16H,8-12,14-15H2,1-3H3,(H2,25,29). The first kappa shape index (κ1) is 23.1. The van der Waals surface area contributed by atoms with E-state index < -0.39 is 5.41 Å². The number of hydrogen-bond donors (Lipinski definition) is 1. The molecule has 168 valence electrons. The van der Waals surface area contributed by atoms with Gasteiger partial charge in [0.15, 0.2) is 0 Å². The maximum absolute atomic E-state index is 13.1. The van der Waals surface area contributed by atoms with Gasteiger partial charge in [-0.15, -0.1) is 0 Å². The number of hydrogen-bond acceptors (Lipinski definition) is 4. The number of benzene rings is 1. The second-order valence-corrected chi connectivity index (χ2v) is 9.36. The van der Waals surface area contributed by atoms with Crippen molar-refractivity contribution < 1.29 is 14.3 Å². The molecule has 2 heterocycles. The predicted octanol–water partition coefficient (Wildman–Crippen LogP) is 3.45. The zero-order valence-corrected chi connectivity index (χ0v) is 19.2. The molecule has 0 bridgehead atoms. The molecule has 1 aromatic carbocycles. The molecule has 0 saturated carbocycles. The highest BCUT2D eigenvalue weighted by Gasteiger charge is 2.38. The molecule has 1 aromatic heterocycles.